The summed E-state index contributed by atoms with van der Waals surface area (Å²) in [6, 6.07) is 0. The minimum Gasteiger partial charge on any atom is -0.480 e. The third-order valence-electron chi connectivity index (χ3n) is 2.77. The first kappa shape index (κ1) is 12.7. The lowest BCUT2D eigenvalue weighted by Gasteiger charge is -2.25. The molecule has 2 N–H and O–H groups in total. The quantitative estimate of drug-likeness (QED) is 0.786. The molecule has 1 aromatic rings. The van der Waals surface area contributed by atoms with E-state index in [4.69, 9.17) is 5.11 Å². The number of aliphatic carboxylic acids is 1. The summed E-state index contributed by atoms with van der Waals surface area (Å²) in [6.07, 6.45) is 3.52. The topological polar surface area (TPSA) is 67.2 Å². The molecule has 1 aromatic heterocycles. The van der Waals surface area contributed by atoms with Gasteiger partial charge >= 0.3 is 5.97 Å². The molecule has 1 rings (SSSR count). The summed E-state index contributed by atoms with van der Waals surface area (Å²) < 4.78 is 1.88. The molecule has 16 heavy (non-hydrogen) atoms. The number of aromatic nitrogens is 2. The standard InChI is InChI=1S/C11H19N3O2/c1-8(2)9-13-5-6-14(9)7-11(3,12-4)10(15)16/h5-6,8,12H,7H2,1-4H3,(H,15,16). The number of nitrogens with zero attached hydrogens (tertiary/aromatic N) is 2. The van der Waals surface area contributed by atoms with Crippen LogP contribution in [-0.4, -0.2) is 33.2 Å². The van der Waals surface area contributed by atoms with Crippen molar-refractivity contribution in [2.24, 2.45) is 0 Å². The predicted octanol–water partition coefficient (Wildman–Crippen LogP) is 1.07. The van der Waals surface area contributed by atoms with Gasteiger partial charge in [-0.15, -0.1) is 0 Å². The molecular formula is C11H19N3O2. The number of nitrogens with one attached hydrogen (secondary N) is 1. The molecule has 5 heteroatoms. The zero-order valence-corrected chi connectivity index (χ0v) is 10.2. The molecule has 0 aliphatic rings. The van der Waals surface area contributed by atoms with Gasteiger partial charge in [0.15, 0.2) is 0 Å². The summed E-state index contributed by atoms with van der Waals surface area (Å²) in [5, 5.41) is 12.0. The molecule has 5 nitrogen and oxygen atoms in total. The highest BCUT2D eigenvalue weighted by Gasteiger charge is 2.32. The summed E-state index contributed by atoms with van der Waals surface area (Å²) in [5.74, 6) is 0.325. The average molecular weight is 225 g/mol. The lowest BCUT2D eigenvalue weighted by Crippen LogP contribution is -2.51. The highest BCUT2D eigenvalue weighted by atomic mass is 16.4. The van der Waals surface area contributed by atoms with Crippen molar-refractivity contribution in [2.45, 2.75) is 38.8 Å². The Bertz CT molecular complexity index is 373. The van der Waals surface area contributed by atoms with Gasteiger partial charge in [-0.3, -0.25) is 4.79 Å². The van der Waals surface area contributed by atoms with Crippen molar-refractivity contribution in [1.29, 1.82) is 0 Å². The van der Waals surface area contributed by atoms with Crippen molar-refractivity contribution in [3.8, 4) is 0 Å². The molecule has 0 radical (unpaired) electrons. The molecule has 0 bridgehead atoms. The summed E-state index contributed by atoms with van der Waals surface area (Å²) in [4.78, 5) is 15.4. The van der Waals surface area contributed by atoms with Crippen molar-refractivity contribution in [2.75, 3.05) is 7.05 Å². The Morgan fingerprint density at radius 3 is 2.75 bits per heavy atom. The number of hydrogen-bond acceptors (Lipinski definition) is 3. The van der Waals surface area contributed by atoms with Crippen molar-refractivity contribution >= 4 is 5.97 Å². The van der Waals surface area contributed by atoms with E-state index in [1.165, 1.54) is 0 Å². The number of imidazole rings is 1. The minimum absolute atomic E-state index is 0.282. The van der Waals surface area contributed by atoms with E-state index in [9.17, 15) is 4.79 Å². The molecule has 0 spiro atoms. The first-order valence-electron chi connectivity index (χ1n) is 5.34. The maximum atomic E-state index is 11.2. The Balaban J connectivity index is 2.95. The Morgan fingerprint density at radius 2 is 2.31 bits per heavy atom. The number of carboxylic acids is 1. The largest absolute Gasteiger partial charge is 0.480 e. The van der Waals surface area contributed by atoms with E-state index in [0.29, 0.717) is 6.54 Å². The molecule has 0 saturated heterocycles. The van der Waals surface area contributed by atoms with E-state index in [-0.39, 0.29) is 5.92 Å². The lowest BCUT2D eigenvalue weighted by molar-refractivity contribution is -0.144. The second kappa shape index (κ2) is 4.65. The van der Waals surface area contributed by atoms with Crippen molar-refractivity contribution in [3.63, 3.8) is 0 Å². The average Bonchev–Trinajstić information content (AvgIpc) is 2.65. The van der Waals surface area contributed by atoms with Crippen molar-refractivity contribution in [3.05, 3.63) is 18.2 Å². The molecule has 1 unspecified atom stereocenters. The molecule has 1 heterocycles. The van der Waals surface area contributed by atoms with Crippen LogP contribution in [0.3, 0.4) is 0 Å². The van der Waals surface area contributed by atoms with E-state index < -0.39 is 11.5 Å². The SMILES string of the molecule is CNC(C)(Cn1ccnc1C(C)C)C(=O)O. The van der Waals surface area contributed by atoms with Gasteiger partial charge in [0.25, 0.3) is 0 Å². The van der Waals surface area contributed by atoms with E-state index in [1.54, 1.807) is 20.2 Å². The summed E-state index contributed by atoms with van der Waals surface area (Å²) >= 11 is 0. The second-order valence-corrected chi connectivity index (χ2v) is 4.46. The van der Waals surface area contributed by atoms with Crippen LogP contribution in [0.4, 0.5) is 0 Å². The summed E-state index contributed by atoms with van der Waals surface area (Å²) in [5.41, 5.74) is -0.968. The Morgan fingerprint density at radius 1 is 1.69 bits per heavy atom. The highest BCUT2D eigenvalue weighted by molar-refractivity contribution is 5.78. The van der Waals surface area contributed by atoms with Crippen LogP contribution in [0.5, 0.6) is 0 Å². The first-order valence-corrected chi connectivity index (χ1v) is 5.34. The Kier molecular flexibility index (Phi) is 3.70. The van der Waals surface area contributed by atoms with Gasteiger partial charge < -0.3 is 15.0 Å². The van der Waals surface area contributed by atoms with Crippen LogP contribution < -0.4 is 5.32 Å². The fourth-order valence-electron chi connectivity index (χ4n) is 1.55. The minimum atomic E-state index is -0.968. The molecule has 0 aliphatic carbocycles. The van der Waals surface area contributed by atoms with Gasteiger partial charge in [0.2, 0.25) is 0 Å². The van der Waals surface area contributed by atoms with E-state index in [2.05, 4.69) is 10.3 Å². The van der Waals surface area contributed by atoms with Gasteiger partial charge in [-0.25, -0.2) is 4.98 Å². The van der Waals surface area contributed by atoms with Gasteiger partial charge in [0, 0.05) is 18.3 Å². The predicted molar refractivity (Wildman–Crippen MR) is 61.4 cm³/mol. The van der Waals surface area contributed by atoms with Crippen molar-refractivity contribution < 1.29 is 9.90 Å². The zero-order valence-electron chi connectivity index (χ0n) is 10.2. The third-order valence-corrected chi connectivity index (χ3v) is 2.77. The van der Waals surface area contributed by atoms with Crippen LogP contribution in [0.15, 0.2) is 12.4 Å². The fraction of sp³-hybridized carbons (Fsp3) is 0.636. The smallest absolute Gasteiger partial charge is 0.325 e. The maximum absolute atomic E-state index is 11.2. The van der Waals surface area contributed by atoms with Crippen LogP contribution >= 0.6 is 0 Å². The van der Waals surface area contributed by atoms with Crippen LogP contribution in [0.2, 0.25) is 0 Å². The number of likely N-dealkylation sites (N-methyl/N-ethyl adjacent to an activating group) is 1. The highest BCUT2D eigenvalue weighted by Crippen LogP contribution is 2.15. The van der Waals surface area contributed by atoms with Gasteiger partial charge in [-0.1, -0.05) is 13.8 Å². The second-order valence-electron chi connectivity index (χ2n) is 4.46. The molecular weight excluding hydrogens is 206 g/mol. The molecule has 0 fully saturated rings. The van der Waals surface area contributed by atoms with Crippen molar-refractivity contribution in [1.82, 2.24) is 14.9 Å². The normalized spacial score (nSPS) is 15.1. The van der Waals surface area contributed by atoms with E-state index in [0.717, 1.165) is 5.82 Å². The summed E-state index contributed by atoms with van der Waals surface area (Å²) in [7, 11) is 1.65. The first-order chi connectivity index (χ1) is 7.40. The van der Waals surface area contributed by atoms with Gasteiger partial charge in [0.05, 0.1) is 6.54 Å². The van der Waals surface area contributed by atoms with Gasteiger partial charge in [-0.2, -0.15) is 0 Å². The number of carboxylic acid groups (broad SMARTS) is 1. The molecule has 0 amide bonds. The Labute approximate surface area is 95.5 Å². The molecule has 1 atom stereocenters. The Hall–Kier alpha value is -1.36. The molecule has 0 aliphatic heterocycles. The number of rotatable bonds is 5. The molecule has 90 valence electrons. The number of hydrogen-bond donors (Lipinski definition) is 2. The van der Waals surface area contributed by atoms with Gasteiger partial charge in [0.1, 0.15) is 11.4 Å². The molecule has 0 aromatic carbocycles. The monoisotopic (exact) mass is 225 g/mol. The van der Waals surface area contributed by atoms with Crippen LogP contribution in [-0.2, 0) is 11.3 Å². The van der Waals surface area contributed by atoms with Crippen LogP contribution in [0.1, 0.15) is 32.5 Å². The van der Waals surface area contributed by atoms with Crippen LogP contribution in [0, 0.1) is 0 Å². The third kappa shape index (κ3) is 2.41. The number of carbonyl (C=O) groups is 1. The fourth-order valence-corrected chi connectivity index (χ4v) is 1.55. The van der Waals surface area contributed by atoms with E-state index >= 15 is 0 Å². The lowest BCUT2D eigenvalue weighted by atomic mass is 10.0. The van der Waals surface area contributed by atoms with Crippen LogP contribution in [0.25, 0.3) is 0 Å². The van der Waals surface area contributed by atoms with Gasteiger partial charge in [-0.05, 0) is 14.0 Å². The zero-order chi connectivity index (χ0) is 12.3. The van der Waals surface area contributed by atoms with E-state index in [1.807, 2.05) is 24.6 Å². The maximum Gasteiger partial charge on any atom is 0.325 e. The molecule has 0 saturated carbocycles. The summed E-state index contributed by atoms with van der Waals surface area (Å²) in [6.45, 7) is 6.11.